The Hall–Kier alpha value is -1.46. The van der Waals surface area contributed by atoms with Crippen LogP contribution in [-0.2, 0) is 16.0 Å². The second kappa shape index (κ2) is 8.05. The molecule has 26 heavy (non-hydrogen) atoms. The first-order valence-electron chi connectivity index (χ1n) is 10.2. The summed E-state index contributed by atoms with van der Waals surface area (Å²) >= 11 is 0. The highest BCUT2D eigenvalue weighted by molar-refractivity contribution is 5.76. The van der Waals surface area contributed by atoms with Gasteiger partial charge < -0.3 is 14.5 Å². The largest absolute Gasteiger partial charge is 0.379 e. The maximum Gasteiger partial charge on any atom is 0.222 e. The van der Waals surface area contributed by atoms with Crippen LogP contribution in [0, 0.1) is 11.3 Å². The molecule has 3 heterocycles. The van der Waals surface area contributed by atoms with E-state index in [0.29, 0.717) is 6.42 Å². The fraction of sp³-hybridized carbons (Fsp3) is 0.714. The van der Waals surface area contributed by atoms with Crippen LogP contribution in [0.2, 0.25) is 0 Å². The zero-order valence-electron chi connectivity index (χ0n) is 15.7. The summed E-state index contributed by atoms with van der Waals surface area (Å²) in [7, 11) is 0. The third kappa shape index (κ3) is 4.63. The molecule has 1 aromatic rings. The number of rotatable bonds is 5. The minimum Gasteiger partial charge on any atom is -0.379 e. The van der Waals surface area contributed by atoms with Crippen molar-refractivity contribution in [3.63, 3.8) is 0 Å². The van der Waals surface area contributed by atoms with E-state index in [1.165, 1.54) is 25.8 Å². The third-order valence-electron chi connectivity index (χ3n) is 6.10. The second-order valence-electron chi connectivity index (χ2n) is 8.51. The molecule has 5 nitrogen and oxygen atoms in total. The molecule has 0 bridgehead atoms. The zero-order valence-corrected chi connectivity index (χ0v) is 15.7. The van der Waals surface area contributed by atoms with E-state index < -0.39 is 0 Å². The van der Waals surface area contributed by atoms with Crippen molar-refractivity contribution >= 4 is 5.91 Å². The van der Waals surface area contributed by atoms with E-state index in [1.807, 2.05) is 18.3 Å². The number of pyridine rings is 1. The third-order valence-corrected chi connectivity index (χ3v) is 6.10. The monoisotopic (exact) mass is 357 g/mol. The summed E-state index contributed by atoms with van der Waals surface area (Å²) in [6.07, 6.45) is 10.1. The number of hydrogen-bond donors (Lipinski definition) is 0. The van der Waals surface area contributed by atoms with Gasteiger partial charge in [0.25, 0.3) is 0 Å². The molecule has 1 unspecified atom stereocenters. The smallest absolute Gasteiger partial charge is 0.222 e. The van der Waals surface area contributed by atoms with Crippen LogP contribution < -0.4 is 0 Å². The molecule has 1 atom stereocenters. The van der Waals surface area contributed by atoms with E-state index in [4.69, 9.17) is 4.74 Å². The van der Waals surface area contributed by atoms with Crippen molar-refractivity contribution in [3.05, 3.63) is 30.1 Å². The topological polar surface area (TPSA) is 45.7 Å². The summed E-state index contributed by atoms with van der Waals surface area (Å²) in [5.41, 5.74) is 1.27. The number of aromatic nitrogens is 1. The lowest BCUT2D eigenvalue weighted by Gasteiger charge is -2.43. The fourth-order valence-corrected chi connectivity index (χ4v) is 4.53. The molecule has 3 fully saturated rings. The predicted octanol–water partition coefficient (Wildman–Crippen LogP) is 2.37. The quantitative estimate of drug-likeness (QED) is 0.812. The van der Waals surface area contributed by atoms with E-state index in [2.05, 4.69) is 14.8 Å². The molecule has 1 aliphatic carbocycles. The Morgan fingerprint density at radius 1 is 1.31 bits per heavy atom. The Bertz CT molecular complexity index is 605. The molecule has 0 N–H and O–H groups in total. The number of carbonyl (C=O) groups is 1. The summed E-state index contributed by atoms with van der Waals surface area (Å²) in [6.45, 7) is 6.77. The Labute approximate surface area is 156 Å². The van der Waals surface area contributed by atoms with Crippen molar-refractivity contribution in [1.82, 2.24) is 14.8 Å². The Morgan fingerprint density at radius 3 is 3.04 bits per heavy atom. The highest BCUT2D eigenvalue weighted by Gasteiger charge is 2.40. The number of ether oxygens (including phenoxy) is 1. The van der Waals surface area contributed by atoms with E-state index in [0.717, 1.165) is 63.7 Å². The van der Waals surface area contributed by atoms with Crippen molar-refractivity contribution in [2.24, 2.45) is 11.3 Å². The van der Waals surface area contributed by atoms with Crippen LogP contribution in [0.25, 0.3) is 0 Å². The van der Waals surface area contributed by atoms with Crippen LogP contribution in [0.4, 0.5) is 0 Å². The zero-order chi connectivity index (χ0) is 17.8. The number of amides is 1. The molecule has 2 aliphatic heterocycles. The number of likely N-dealkylation sites (tertiary alicyclic amines) is 1. The number of piperidine rings is 1. The van der Waals surface area contributed by atoms with Crippen molar-refractivity contribution in [2.45, 2.75) is 38.5 Å². The minimum atomic E-state index is 0.133. The molecular formula is C21H31N3O2. The van der Waals surface area contributed by atoms with Gasteiger partial charge in [-0.1, -0.05) is 6.07 Å². The molecule has 1 spiro atoms. The van der Waals surface area contributed by atoms with Gasteiger partial charge >= 0.3 is 0 Å². The van der Waals surface area contributed by atoms with Gasteiger partial charge in [-0.25, -0.2) is 0 Å². The molecule has 0 aromatic carbocycles. The summed E-state index contributed by atoms with van der Waals surface area (Å²) in [6, 6.07) is 3.99. The first kappa shape index (κ1) is 17.9. The summed E-state index contributed by atoms with van der Waals surface area (Å²) in [5.74, 6) is 1.19. The average Bonchev–Trinajstić information content (AvgIpc) is 3.49. The number of aryl methyl sites for hydroxylation is 1. The molecule has 5 heteroatoms. The Morgan fingerprint density at radius 2 is 2.23 bits per heavy atom. The first-order chi connectivity index (χ1) is 12.7. The van der Waals surface area contributed by atoms with Crippen molar-refractivity contribution < 1.29 is 9.53 Å². The second-order valence-corrected chi connectivity index (χ2v) is 8.51. The molecule has 1 saturated carbocycles. The highest BCUT2D eigenvalue weighted by Crippen LogP contribution is 2.36. The van der Waals surface area contributed by atoms with Crippen LogP contribution in [0.5, 0.6) is 0 Å². The lowest BCUT2D eigenvalue weighted by atomic mass is 9.80. The molecule has 1 aromatic heterocycles. The van der Waals surface area contributed by atoms with Crippen molar-refractivity contribution in [2.75, 3.05) is 45.9 Å². The van der Waals surface area contributed by atoms with Gasteiger partial charge in [-0.2, -0.15) is 0 Å². The number of hydrogen-bond acceptors (Lipinski definition) is 4. The van der Waals surface area contributed by atoms with Gasteiger partial charge in [0.1, 0.15) is 0 Å². The summed E-state index contributed by atoms with van der Waals surface area (Å²) in [4.78, 5) is 21.7. The molecule has 142 valence electrons. The van der Waals surface area contributed by atoms with Gasteiger partial charge in [0, 0.05) is 57.0 Å². The molecule has 4 rings (SSSR count). The van der Waals surface area contributed by atoms with Crippen LogP contribution >= 0.6 is 0 Å². The minimum absolute atomic E-state index is 0.133. The van der Waals surface area contributed by atoms with Crippen molar-refractivity contribution in [1.29, 1.82) is 0 Å². The van der Waals surface area contributed by atoms with Gasteiger partial charge in [0.05, 0.1) is 13.2 Å². The summed E-state index contributed by atoms with van der Waals surface area (Å²) in [5, 5.41) is 0. The van der Waals surface area contributed by atoms with Gasteiger partial charge in [0.2, 0.25) is 5.91 Å². The lowest BCUT2D eigenvalue weighted by Crippen LogP contribution is -2.52. The van der Waals surface area contributed by atoms with Crippen LogP contribution in [0.3, 0.4) is 0 Å². The lowest BCUT2D eigenvalue weighted by molar-refractivity contribution is -0.136. The SMILES string of the molecule is O=C(CCc1cccnc1)N1CCCC2(COCCN(CC3CC3)C2)C1. The molecule has 3 aliphatic rings. The molecular weight excluding hydrogens is 326 g/mol. The maximum absolute atomic E-state index is 12.8. The van der Waals surface area contributed by atoms with Crippen LogP contribution in [0.1, 0.15) is 37.7 Å². The van der Waals surface area contributed by atoms with Gasteiger partial charge in [-0.3, -0.25) is 9.78 Å². The number of carbonyl (C=O) groups excluding carboxylic acids is 1. The predicted molar refractivity (Wildman–Crippen MR) is 101 cm³/mol. The molecule has 0 radical (unpaired) electrons. The number of nitrogens with zero attached hydrogens (tertiary/aromatic N) is 3. The average molecular weight is 357 g/mol. The molecule has 2 saturated heterocycles. The van der Waals surface area contributed by atoms with E-state index in [9.17, 15) is 4.79 Å². The molecule has 1 amide bonds. The maximum atomic E-state index is 12.8. The summed E-state index contributed by atoms with van der Waals surface area (Å²) < 4.78 is 5.99. The fourth-order valence-electron chi connectivity index (χ4n) is 4.53. The normalized spacial score (nSPS) is 27.5. The van der Waals surface area contributed by atoms with E-state index >= 15 is 0 Å². The van der Waals surface area contributed by atoms with Crippen LogP contribution in [-0.4, -0.2) is 66.6 Å². The van der Waals surface area contributed by atoms with E-state index in [-0.39, 0.29) is 11.3 Å². The Kier molecular flexibility index (Phi) is 5.55. The van der Waals surface area contributed by atoms with Gasteiger partial charge in [-0.05, 0) is 49.7 Å². The standard InChI is InChI=1S/C21H31N3O2/c25-20(7-6-18-3-1-9-22-13-18)24-10-2-8-21(16-24)15-23(11-12-26-17-21)14-19-4-5-19/h1,3,9,13,19H,2,4-8,10-12,14-17H2. The highest BCUT2D eigenvalue weighted by atomic mass is 16.5. The van der Waals surface area contributed by atoms with E-state index in [1.54, 1.807) is 6.20 Å². The van der Waals surface area contributed by atoms with Crippen molar-refractivity contribution in [3.8, 4) is 0 Å². The van der Waals surface area contributed by atoms with Crippen LogP contribution in [0.15, 0.2) is 24.5 Å². The van der Waals surface area contributed by atoms with Gasteiger partial charge in [-0.15, -0.1) is 0 Å². The first-order valence-corrected chi connectivity index (χ1v) is 10.2. The van der Waals surface area contributed by atoms with Gasteiger partial charge in [0.15, 0.2) is 0 Å². The Balaban J connectivity index is 1.35.